The molecule has 4 atom stereocenters. The smallest absolute Gasteiger partial charge is 0.0772 e. The largest absolute Gasteiger partial charge is 0.368 e. The van der Waals surface area contributed by atoms with Gasteiger partial charge in [-0.05, 0) is 63.2 Å². The summed E-state index contributed by atoms with van der Waals surface area (Å²) in [6, 6.07) is 0. The Kier molecular flexibility index (Phi) is 2.11. The molecule has 0 aromatic carbocycles. The molecule has 3 aliphatic rings. The van der Waals surface area contributed by atoms with Gasteiger partial charge < -0.3 is 4.74 Å². The monoisotopic (exact) mass is 222 g/mol. The maximum atomic E-state index is 6.68. The van der Waals surface area contributed by atoms with E-state index in [-0.39, 0.29) is 11.2 Å². The fraction of sp³-hybridized carbons (Fsp3) is 1.00. The van der Waals surface area contributed by atoms with Crippen molar-refractivity contribution >= 4 is 0 Å². The second kappa shape index (κ2) is 3.04. The van der Waals surface area contributed by atoms with E-state index in [4.69, 9.17) is 4.74 Å². The van der Waals surface area contributed by atoms with Crippen molar-refractivity contribution in [3.8, 4) is 0 Å². The van der Waals surface area contributed by atoms with Gasteiger partial charge in [0.2, 0.25) is 0 Å². The summed E-state index contributed by atoms with van der Waals surface area (Å²) in [5, 5.41) is 0. The van der Waals surface area contributed by atoms with E-state index in [1.54, 1.807) is 0 Å². The number of ether oxygens (including phenoxy) is 1. The van der Waals surface area contributed by atoms with Crippen LogP contribution in [0.2, 0.25) is 0 Å². The average Bonchev–Trinajstić information content (AvgIpc) is 2.42. The van der Waals surface area contributed by atoms with Gasteiger partial charge in [0.05, 0.1) is 11.2 Å². The highest BCUT2D eigenvalue weighted by atomic mass is 16.5. The Hall–Kier alpha value is -0.0400. The molecular formula is C15H26O. The third kappa shape index (κ3) is 1.16. The zero-order chi connectivity index (χ0) is 11.6. The van der Waals surface area contributed by atoms with Crippen LogP contribution in [0.1, 0.15) is 66.2 Å². The lowest BCUT2D eigenvalue weighted by molar-refractivity contribution is -0.192. The van der Waals surface area contributed by atoms with Crippen LogP contribution in [-0.4, -0.2) is 11.2 Å². The minimum absolute atomic E-state index is 0.128. The predicted octanol–water partition coefficient (Wildman–Crippen LogP) is 4.16. The van der Waals surface area contributed by atoms with Gasteiger partial charge in [-0.1, -0.05) is 20.3 Å². The van der Waals surface area contributed by atoms with Gasteiger partial charge in [-0.25, -0.2) is 0 Å². The molecule has 2 saturated carbocycles. The molecule has 0 aromatic rings. The van der Waals surface area contributed by atoms with E-state index in [1.807, 2.05) is 0 Å². The van der Waals surface area contributed by atoms with E-state index < -0.39 is 0 Å². The summed E-state index contributed by atoms with van der Waals surface area (Å²) in [5.74, 6) is 1.57. The third-order valence-electron chi connectivity index (χ3n) is 6.21. The molecule has 16 heavy (non-hydrogen) atoms. The summed E-state index contributed by atoms with van der Waals surface area (Å²) in [7, 11) is 0. The van der Waals surface area contributed by atoms with Crippen molar-refractivity contribution in [2.75, 3.05) is 0 Å². The predicted molar refractivity (Wildman–Crippen MR) is 66.4 cm³/mol. The van der Waals surface area contributed by atoms with Crippen molar-refractivity contribution in [1.82, 2.24) is 0 Å². The second-order valence-corrected chi connectivity index (χ2v) is 7.39. The average molecular weight is 222 g/mol. The number of fused-ring (bicyclic) bond motifs is 1. The molecule has 1 heterocycles. The molecule has 1 aliphatic heterocycles. The first kappa shape index (κ1) is 11.1. The molecule has 2 aliphatic carbocycles. The summed E-state index contributed by atoms with van der Waals surface area (Å²) in [6.45, 7) is 9.57. The highest BCUT2D eigenvalue weighted by Gasteiger charge is 2.65. The molecule has 1 saturated heterocycles. The van der Waals surface area contributed by atoms with E-state index in [0.29, 0.717) is 5.41 Å². The first-order chi connectivity index (χ1) is 7.40. The molecule has 3 fully saturated rings. The summed E-state index contributed by atoms with van der Waals surface area (Å²) in [5.41, 5.74) is 0.815. The van der Waals surface area contributed by atoms with E-state index in [1.165, 1.54) is 38.5 Å². The topological polar surface area (TPSA) is 9.23 Å². The highest BCUT2D eigenvalue weighted by Crippen LogP contribution is 2.65. The Labute approximate surface area is 99.9 Å². The fourth-order valence-corrected chi connectivity index (χ4v) is 4.99. The molecule has 1 heteroatoms. The molecule has 1 spiro atoms. The molecule has 92 valence electrons. The van der Waals surface area contributed by atoms with Crippen LogP contribution >= 0.6 is 0 Å². The first-order valence-electron chi connectivity index (χ1n) is 7.10. The van der Waals surface area contributed by atoms with Gasteiger partial charge in [0.1, 0.15) is 0 Å². The lowest BCUT2D eigenvalue weighted by Crippen LogP contribution is -2.55. The SMILES string of the molecule is C[C@@H]1CCC[C@@]2(C)CC[C@@H]3C[C@]12OC3(C)C. The molecule has 1 nitrogen and oxygen atoms in total. The Morgan fingerprint density at radius 1 is 1.06 bits per heavy atom. The Bertz CT molecular complexity index is 309. The van der Waals surface area contributed by atoms with Crippen LogP contribution in [0.25, 0.3) is 0 Å². The van der Waals surface area contributed by atoms with E-state index in [9.17, 15) is 0 Å². The van der Waals surface area contributed by atoms with Gasteiger partial charge in [0.15, 0.2) is 0 Å². The van der Waals surface area contributed by atoms with Gasteiger partial charge in [-0.15, -0.1) is 0 Å². The normalized spacial score (nSPS) is 54.8. The van der Waals surface area contributed by atoms with Crippen molar-refractivity contribution in [2.24, 2.45) is 17.3 Å². The van der Waals surface area contributed by atoms with Crippen molar-refractivity contribution < 1.29 is 4.74 Å². The summed E-state index contributed by atoms with van der Waals surface area (Å²) < 4.78 is 6.68. The molecule has 0 amide bonds. The van der Waals surface area contributed by atoms with Gasteiger partial charge in [0, 0.05) is 0 Å². The highest BCUT2D eigenvalue weighted by molar-refractivity contribution is 5.14. The van der Waals surface area contributed by atoms with Crippen LogP contribution in [-0.2, 0) is 4.74 Å². The van der Waals surface area contributed by atoms with Gasteiger partial charge in [-0.2, -0.15) is 0 Å². The Morgan fingerprint density at radius 3 is 2.56 bits per heavy atom. The van der Waals surface area contributed by atoms with Crippen LogP contribution in [0.3, 0.4) is 0 Å². The molecular weight excluding hydrogens is 196 g/mol. The Balaban J connectivity index is 2.04. The van der Waals surface area contributed by atoms with Crippen LogP contribution in [0.5, 0.6) is 0 Å². The lowest BCUT2D eigenvalue weighted by atomic mass is 9.53. The van der Waals surface area contributed by atoms with Crippen molar-refractivity contribution in [2.45, 2.75) is 77.4 Å². The van der Waals surface area contributed by atoms with E-state index in [0.717, 1.165) is 11.8 Å². The Morgan fingerprint density at radius 2 is 1.81 bits per heavy atom. The first-order valence-corrected chi connectivity index (χ1v) is 7.10. The van der Waals surface area contributed by atoms with E-state index >= 15 is 0 Å². The molecule has 3 rings (SSSR count). The maximum Gasteiger partial charge on any atom is 0.0772 e. The van der Waals surface area contributed by atoms with Crippen molar-refractivity contribution in [1.29, 1.82) is 0 Å². The van der Waals surface area contributed by atoms with Crippen LogP contribution in [0, 0.1) is 17.3 Å². The van der Waals surface area contributed by atoms with Crippen molar-refractivity contribution in [3.63, 3.8) is 0 Å². The zero-order valence-corrected chi connectivity index (χ0v) is 11.3. The van der Waals surface area contributed by atoms with E-state index in [2.05, 4.69) is 27.7 Å². The standard InChI is InChI=1S/C15H26O/c1-11-6-5-8-14(4)9-7-12-10-15(11,14)16-13(12,2)3/h11-12H,5-10H2,1-4H3/t11-,12-,14+,15+/m1/s1. The van der Waals surface area contributed by atoms with Crippen LogP contribution in [0.15, 0.2) is 0 Å². The van der Waals surface area contributed by atoms with Gasteiger partial charge >= 0.3 is 0 Å². The number of hydrogen-bond donors (Lipinski definition) is 0. The van der Waals surface area contributed by atoms with Crippen LogP contribution < -0.4 is 0 Å². The minimum atomic E-state index is 0.128. The quantitative estimate of drug-likeness (QED) is 0.598. The molecule has 0 aromatic heterocycles. The molecule has 0 unspecified atom stereocenters. The molecule has 2 bridgehead atoms. The summed E-state index contributed by atoms with van der Waals surface area (Å²) in [4.78, 5) is 0. The zero-order valence-electron chi connectivity index (χ0n) is 11.3. The minimum Gasteiger partial charge on any atom is -0.368 e. The fourth-order valence-electron chi connectivity index (χ4n) is 4.99. The number of hydrogen-bond acceptors (Lipinski definition) is 1. The van der Waals surface area contributed by atoms with Gasteiger partial charge in [0.25, 0.3) is 0 Å². The second-order valence-electron chi connectivity index (χ2n) is 7.39. The van der Waals surface area contributed by atoms with Crippen molar-refractivity contribution in [3.05, 3.63) is 0 Å². The summed E-state index contributed by atoms with van der Waals surface area (Å²) >= 11 is 0. The molecule has 0 radical (unpaired) electrons. The summed E-state index contributed by atoms with van der Waals surface area (Å²) in [6.07, 6.45) is 8.29. The maximum absolute atomic E-state index is 6.68. The molecule has 0 N–H and O–H groups in total. The van der Waals surface area contributed by atoms with Gasteiger partial charge in [-0.3, -0.25) is 0 Å². The lowest BCUT2D eigenvalue weighted by Gasteiger charge is -2.55. The third-order valence-corrected chi connectivity index (χ3v) is 6.21. The number of rotatable bonds is 0. The van der Waals surface area contributed by atoms with Crippen LogP contribution in [0.4, 0.5) is 0 Å².